The van der Waals surface area contributed by atoms with Gasteiger partial charge in [-0.3, -0.25) is 0 Å². The molecule has 6 heteroatoms. The third-order valence-electron chi connectivity index (χ3n) is 3.68. The predicted molar refractivity (Wildman–Crippen MR) is 90.7 cm³/mol. The van der Waals surface area contributed by atoms with Gasteiger partial charge in [-0.25, -0.2) is 9.48 Å². The van der Waals surface area contributed by atoms with Gasteiger partial charge in [0.1, 0.15) is 0 Å². The summed E-state index contributed by atoms with van der Waals surface area (Å²) in [5.74, 6) is 0.318. The largest absolute Gasteiger partial charge is 0.396 e. The van der Waals surface area contributed by atoms with Crippen LogP contribution in [0.3, 0.4) is 0 Å². The first-order valence-corrected chi connectivity index (χ1v) is 7.98. The summed E-state index contributed by atoms with van der Waals surface area (Å²) in [7, 11) is 0. The Morgan fingerprint density at radius 3 is 2.70 bits per heavy atom. The Hall–Kier alpha value is -2.34. The van der Waals surface area contributed by atoms with Crippen LogP contribution in [-0.2, 0) is 0 Å². The lowest BCUT2D eigenvalue weighted by Crippen LogP contribution is -2.33. The van der Waals surface area contributed by atoms with Gasteiger partial charge in [0, 0.05) is 31.2 Å². The fourth-order valence-electron chi connectivity index (χ4n) is 2.47. The highest BCUT2D eigenvalue weighted by Crippen LogP contribution is 2.13. The molecule has 2 rings (SSSR count). The first kappa shape index (κ1) is 17.0. The number of nitrogens with one attached hydrogen (secondary N) is 2. The van der Waals surface area contributed by atoms with Crippen molar-refractivity contribution in [2.45, 2.75) is 26.2 Å². The van der Waals surface area contributed by atoms with Crippen molar-refractivity contribution >= 4 is 11.7 Å². The van der Waals surface area contributed by atoms with Gasteiger partial charge in [-0.15, -0.1) is 0 Å². The van der Waals surface area contributed by atoms with Gasteiger partial charge in [-0.05, 0) is 49.1 Å². The van der Waals surface area contributed by atoms with Crippen molar-refractivity contribution in [3.63, 3.8) is 0 Å². The zero-order valence-corrected chi connectivity index (χ0v) is 13.4. The lowest BCUT2D eigenvalue weighted by atomic mass is 10.0. The van der Waals surface area contributed by atoms with Crippen LogP contribution < -0.4 is 10.6 Å². The number of hydrogen-bond donors (Lipinski definition) is 3. The van der Waals surface area contributed by atoms with Crippen LogP contribution in [0.1, 0.15) is 26.2 Å². The van der Waals surface area contributed by atoms with Gasteiger partial charge >= 0.3 is 6.03 Å². The minimum absolute atomic E-state index is 0.156. The number of urea groups is 1. The molecule has 1 aromatic carbocycles. The number of amides is 2. The van der Waals surface area contributed by atoms with E-state index in [2.05, 4.69) is 22.7 Å². The van der Waals surface area contributed by atoms with Crippen LogP contribution in [0, 0.1) is 5.92 Å². The number of carbonyl (C=O) groups excluding carboxylic acids is 1. The highest BCUT2D eigenvalue weighted by Gasteiger charge is 2.09. The second kappa shape index (κ2) is 8.95. The summed E-state index contributed by atoms with van der Waals surface area (Å²) in [6.45, 7) is 2.83. The second-order valence-electron chi connectivity index (χ2n) is 5.50. The van der Waals surface area contributed by atoms with E-state index in [0.717, 1.165) is 24.2 Å². The lowest BCUT2D eigenvalue weighted by Gasteiger charge is -2.16. The molecule has 23 heavy (non-hydrogen) atoms. The molecule has 0 aliphatic carbocycles. The number of aliphatic hydroxyl groups excluding tert-OH is 1. The van der Waals surface area contributed by atoms with Crippen LogP contribution in [0.25, 0.3) is 5.69 Å². The van der Waals surface area contributed by atoms with Crippen LogP contribution in [0.2, 0.25) is 0 Å². The van der Waals surface area contributed by atoms with E-state index in [1.54, 1.807) is 10.9 Å². The Morgan fingerprint density at radius 1 is 1.30 bits per heavy atom. The van der Waals surface area contributed by atoms with Crippen molar-refractivity contribution in [2.75, 3.05) is 18.5 Å². The summed E-state index contributed by atoms with van der Waals surface area (Å²) >= 11 is 0. The number of aromatic nitrogens is 2. The molecule has 1 aromatic heterocycles. The van der Waals surface area contributed by atoms with Crippen molar-refractivity contribution in [3.05, 3.63) is 42.7 Å². The number of rotatable bonds is 8. The maximum absolute atomic E-state index is 11.9. The summed E-state index contributed by atoms with van der Waals surface area (Å²) in [5.41, 5.74) is 1.67. The van der Waals surface area contributed by atoms with Crippen molar-refractivity contribution in [1.82, 2.24) is 15.1 Å². The second-order valence-corrected chi connectivity index (χ2v) is 5.50. The summed E-state index contributed by atoms with van der Waals surface area (Å²) in [4.78, 5) is 11.9. The van der Waals surface area contributed by atoms with E-state index in [1.165, 1.54) is 0 Å². The van der Waals surface area contributed by atoms with Crippen LogP contribution in [0.4, 0.5) is 10.5 Å². The summed E-state index contributed by atoms with van der Waals surface area (Å²) in [6.07, 6.45) is 6.35. The Bertz CT molecular complexity index is 575. The predicted octanol–water partition coefficient (Wildman–Crippen LogP) is 2.79. The zero-order chi connectivity index (χ0) is 16.5. The van der Waals surface area contributed by atoms with Gasteiger partial charge in [-0.2, -0.15) is 5.10 Å². The van der Waals surface area contributed by atoms with E-state index < -0.39 is 0 Å². The smallest absolute Gasteiger partial charge is 0.319 e. The van der Waals surface area contributed by atoms with Gasteiger partial charge in [0.2, 0.25) is 0 Å². The third-order valence-corrected chi connectivity index (χ3v) is 3.68. The Labute approximate surface area is 136 Å². The van der Waals surface area contributed by atoms with E-state index in [0.29, 0.717) is 18.9 Å². The average molecular weight is 316 g/mol. The van der Waals surface area contributed by atoms with E-state index in [1.807, 2.05) is 36.5 Å². The topological polar surface area (TPSA) is 79.2 Å². The van der Waals surface area contributed by atoms with Crippen LogP contribution in [0.5, 0.6) is 0 Å². The Balaban J connectivity index is 1.83. The van der Waals surface area contributed by atoms with Crippen LogP contribution in [-0.4, -0.2) is 34.1 Å². The van der Waals surface area contributed by atoms with E-state index >= 15 is 0 Å². The first-order chi connectivity index (χ1) is 11.2. The van der Waals surface area contributed by atoms with E-state index in [-0.39, 0.29) is 12.6 Å². The molecule has 1 atom stereocenters. The molecule has 1 heterocycles. The molecule has 0 saturated heterocycles. The van der Waals surface area contributed by atoms with Crippen LogP contribution >= 0.6 is 0 Å². The van der Waals surface area contributed by atoms with Gasteiger partial charge in [0.15, 0.2) is 0 Å². The SMILES string of the molecule is CCCC(CCO)CNC(=O)Nc1ccc(-n2cccn2)cc1. The molecule has 0 fully saturated rings. The minimum Gasteiger partial charge on any atom is -0.396 e. The number of benzene rings is 1. The quantitative estimate of drug-likeness (QED) is 0.700. The number of hydrogen-bond acceptors (Lipinski definition) is 3. The Kier molecular flexibility index (Phi) is 6.62. The molecule has 0 aliphatic heterocycles. The molecule has 2 aromatic rings. The molecule has 0 saturated carbocycles. The number of nitrogens with zero attached hydrogens (tertiary/aromatic N) is 2. The molecule has 6 nitrogen and oxygen atoms in total. The summed E-state index contributed by atoms with van der Waals surface area (Å²) < 4.78 is 1.76. The molecule has 0 aliphatic rings. The molecule has 3 N–H and O–H groups in total. The lowest BCUT2D eigenvalue weighted by molar-refractivity contribution is 0.237. The molecule has 0 spiro atoms. The van der Waals surface area contributed by atoms with Gasteiger partial charge < -0.3 is 15.7 Å². The molecule has 0 radical (unpaired) electrons. The fraction of sp³-hybridized carbons (Fsp3) is 0.412. The fourth-order valence-corrected chi connectivity index (χ4v) is 2.47. The molecular formula is C17H24N4O2. The molecule has 0 bridgehead atoms. The summed E-state index contributed by atoms with van der Waals surface area (Å²) in [6, 6.07) is 9.11. The van der Waals surface area contributed by atoms with Gasteiger partial charge in [-0.1, -0.05) is 13.3 Å². The molecule has 124 valence electrons. The van der Waals surface area contributed by atoms with Crippen molar-refractivity contribution in [1.29, 1.82) is 0 Å². The van der Waals surface area contributed by atoms with Crippen molar-refractivity contribution < 1.29 is 9.90 Å². The van der Waals surface area contributed by atoms with Crippen molar-refractivity contribution in [3.8, 4) is 5.69 Å². The van der Waals surface area contributed by atoms with Crippen LogP contribution in [0.15, 0.2) is 42.7 Å². The number of carbonyl (C=O) groups is 1. The number of anilines is 1. The van der Waals surface area contributed by atoms with Gasteiger partial charge in [0.25, 0.3) is 0 Å². The summed E-state index contributed by atoms with van der Waals surface area (Å²) in [5, 5.41) is 18.9. The minimum atomic E-state index is -0.226. The van der Waals surface area contributed by atoms with E-state index in [9.17, 15) is 4.79 Å². The molecular weight excluding hydrogens is 292 g/mol. The zero-order valence-electron chi connectivity index (χ0n) is 13.4. The maximum Gasteiger partial charge on any atom is 0.319 e. The number of aliphatic hydroxyl groups is 1. The third kappa shape index (κ3) is 5.41. The van der Waals surface area contributed by atoms with Crippen molar-refractivity contribution in [2.24, 2.45) is 5.92 Å². The Morgan fingerprint density at radius 2 is 2.09 bits per heavy atom. The highest BCUT2D eigenvalue weighted by atomic mass is 16.3. The molecule has 1 unspecified atom stereocenters. The maximum atomic E-state index is 11.9. The first-order valence-electron chi connectivity index (χ1n) is 7.98. The average Bonchev–Trinajstić information content (AvgIpc) is 3.08. The van der Waals surface area contributed by atoms with E-state index in [4.69, 9.17) is 5.11 Å². The molecule has 2 amide bonds. The standard InChI is InChI=1S/C17H24N4O2/c1-2-4-14(9-12-22)13-18-17(23)20-15-5-7-16(8-6-15)21-11-3-10-19-21/h3,5-8,10-11,14,22H,2,4,9,12-13H2,1H3,(H2,18,20,23). The van der Waals surface area contributed by atoms with Gasteiger partial charge in [0.05, 0.1) is 5.69 Å². The highest BCUT2D eigenvalue weighted by molar-refractivity contribution is 5.89. The monoisotopic (exact) mass is 316 g/mol. The normalized spacial score (nSPS) is 11.9.